The molecule has 0 bridgehead atoms. The SMILES string of the molecule is COCC(C)(C)c1c([C@H]2COC(C(=O)O)C2)c2nc3[nH]ncc3cc2n1-c1ccc(F)cc1. The molecule has 0 radical (unpaired) electrons. The summed E-state index contributed by atoms with van der Waals surface area (Å²) in [6.45, 7) is 4.85. The molecule has 1 aliphatic rings. The first-order valence-electron chi connectivity index (χ1n) is 10.8. The van der Waals surface area contributed by atoms with E-state index in [0.29, 0.717) is 18.7 Å². The molecule has 1 fully saturated rings. The molecule has 0 spiro atoms. The third kappa shape index (κ3) is 3.57. The molecule has 0 saturated carbocycles. The molecule has 1 unspecified atom stereocenters. The smallest absolute Gasteiger partial charge is 0.332 e. The highest BCUT2D eigenvalue weighted by Gasteiger charge is 2.40. The minimum absolute atomic E-state index is 0.172. The number of aromatic nitrogens is 4. The molecule has 1 saturated heterocycles. The highest BCUT2D eigenvalue weighted by atomic mass is 19.1. The molecule has 0 aliphatic carbocycles. The second-order valence-electron chi connectivity index (χ2n) is 9.15. The van der Waals surface area contributed by atoms with Crippen molar-refractivity contribution in [3.05, 3.63) is 53.6 Å². The topological polar surface area (TPSA) is 102 Å². The largest absolute Gasteiger partial charge is 0.479 e. The maximum absolute atomic E-state index is 13.8. The van der Waals surface area contributed by atoms with Gasteiger partial charge in [-0.1, -0.05) is 13.8 Å². The highest BCUT2D eigenvalue weighted by Crippen LogP contribution is 2.44. The number of carboxylic acids is 1. The lowest BCUT2D eigenvalue weighted by atomic mass is 9.82. The second kappa shape index (κ2) is 7.93. The number of hydrogen-bond acceptors (Lipinski definition) is 5. The van der Waals surface area contributed by atoms with Crippen LogP contribution in [-0.4, -0.2) is 57.3 Å². The van der Waals surface area contributed by atoms with Crippen molar-refractivity contribution in [1.29, 1.82) is 0 Å². The fourth-order valence-corrected chi connectivity index (χ4v) is 4.93. The molecule has 33 heavy (non-hydrogen) atoms. The van der Waals surface area contributed by atoms with Crippen LogP contribution in [0.25, 0.3) is 27.8 Å². The number of H-pyrrole nitrogens is 1. The Morgan fingerprint density at radius 2 is 2.12 bits per heavy atom. The number of hydrogen-bond donors (Lipinski definition) is 2. The summed E-state index contributed by atoms with van der Waals surface area (Å²) in [7, 11) is 1.65. The Balaban J connectivity index is 1.86. The normalized spacial score (nSPS) is 19.0. The molecule has 172 valence electrons. The van der Waals surface area contributed by atoms with Crippen molar-refractivity contribution in [1.82, 2.24) is 19.7 Å². The van der Waals surface area contributed by atoms with Gasteiger partial charge in [0.2, 0.25) is 0 Å². The van der Waals surface area contributed by atoms with Crippen LogP contribution in [0.15, 0.2) is 36.5 Å². The van der Waals surface area contributed by atoms with Gasteiger partial charge >= 0.3 is 5.97 Å². The number of nitrogens with one attached hydrogen (secondary N) is 1. The third-order valence-electron chi connectivity index (χ3n) is 6.29. The highest BCUT2D eigenvalue weighted by molar-refractivity contribution is 5.94. The Kier molecular flexibility index (Phi) is 5.18. The number of aliphatic carboxylic acids is 1. The van der Waals surface area contributed by atoms with E-state index < -0.39 is 17.5 Å². The van der Waals surface area contributed by atoms with Gasteiger partial charge in [-0.2, -0.15) is 5.10 Å². The molecule has 8 nitrogen and oxygen atoms in total. The summed E-state index contributed by atoms with van der Waals surface area (Å²) >= 11 is 0. The molecular formula is C24H25FN4O4. The number of benzene rings is 1. The maximum Gasteiger partial charge on any atom is 0.332 e. The summed E-state index contributed by atoms with van der Waals surface area (Å²) in [5.41, 5.74) is 4.41. The van der Waals surface area contributed by atoms with Gasteiger partial charge in [0.25, 0.3) is 0 Å². The van der Waals surface area contributed by atoms with E-state index in [1.54, 1.807) is 25.4 Å². The van der Waals surface area contributed by atoms with Crippen LogP contribution in [-0.2, 0) is 19.7 Å². The van der Waals surface area contributed by atoms with Gasteiger partial charge in [0.15, 0.2) is 11.8 Å². The molecule has 5 rings (SSSR count). The predicted molar refractivity (Wildman–Crippen MR) is 120 cm³/mol. The lowest BCUT2D eigenvalue weighted by molar-refractivity contribution is -0.147. The van der Waals surface area contributed by atoms with E-state index in [-0.39, 0.29) is 18.3 Å². The lowest BCUT2D eigenvalue weighted by Crippen LogP contribution is -2.29. The molecule has 4 heterocycles. The average Bonchev–Trinajstić information content (AvgIpc) is 3.49. The molecule has 2 atom stereocenters. The predicted octanol–water partition coefficient (Wildman–Crippen LogP) is 3.92. The molecule has 3 aromatic heterocycles. The number of methoxy groups -OCH3 is 1. The zero-order chi connectivity index (χ0) is 23.3. The number of carbonyl (C=O) groups is 1. The average molecular weight is 452 g/mol. The quantitative estimate of drug-likeness (QED) is 0.460. The zero-order valence-electron chi connectivity index (χ0n) is 18.6. The summed E-state index contributed by atoms with van der Waals surface area (Å²) < 4.78 is 27.1. The van der Waals surface area contributed by atoms with Gasteiger partial charge in [-0.05, 0) is 36.8 Å². The summed E-state index contributed by atoms with van der Waals surface area (Å²) in [4.78, 5) is 16.5. The van der Waals surface area contributed by atoms with E-state index >= 15 is 0 Å². The maximum atomic E-state index is 13.8. The third-order valence-corrected chi connectivity index (χ3v) is 6.29. The van der Waals surface area contributed by atoms with Crippen LogP contribution in [0.2, 0.25) is 0 Å². The van der Waals surface area contributed by atoms with Crippen LogP contribution in [0.1, 0.15) is 37.4 Å². The van der Waals surface area contributed by atoms with E-state index in [4.69, 9.17) is 14.5 Å². The first-order chi connectivity index (χ1) is 15.8. The Morgan fingerprint density at radius 3 is 2.79 bits per heavy atom. The molecule has 1 aromatic carbocycles. The molecule has 0 amide bonds. The Labute approximate surface area is 189 Å². The number of fused-ring (bicyclic) bond motifs is 2. The molecular weight excluding hydrogens is 427 g/mol. The van der Waals surface area contributed by atoms with E-state index in [0.717, 1.165) is 33.4 Å². The molecule has 2 N–H and O–H groups in total. The van der Waals surface area contributed by atoms with Gasteiger partial charge in [0.05, 0.1) is 30.4 Å². The molecule has 9 heteroatoms. The fraction of sp³-hybridized carbons (Fsp3) is 0.375. The Bertz CT molecular complexity index is 1340. The van der Waals surface area contributed by atoms with Crippen molar-refractivity contribution in [2.45, 2.75) is 37.7 Å². The zero-order valence-corrected chi connectivity index (χ0v) is 18.6. The van der Waals surface area contributed by atoms with Gasteiger partial charge in [-0.15, -0.1) is 0 Å². The number of rotatable bonds is 6. The monoisotopic (exact) mass is 452 g/mol. The van der Waals surface area contributed by atoms with Gasteiger partial charge in [0, 0.05) is 40.8 Å². The summed E-state index contributed by atoms with van der Waals surface area (Å²) in [6.07, 6.45) is 1.19. The minimum atomic E-state index is -0.971. The van der Waals surface area contributed by atoms with Crippen molar-refractivity contribution < 1.29 is 23.8 Å². The number of ether oxygens (including phenoxy) is 2. The van der Waals surface area contributed by atoms with E-state index in [1.807, 2.05) is 6.07 Å². The van der Waals surface area contributed by atoms with Crippen LogP contribution >= 0.6 is 0 Å². The van der Waals surface area contributed by atoms with Crippen LogP contribution in [0.3, 0.4) is 0 Å². The second-order valence-corrected chi connectivity index (χ2v) is 9.15. The number of pyridine rings is 1. The van der Waals surface area contributed by atoms with Crippen molar-refractivity contribution in [3.63, 3.8) is 0 Å². The lowest BCUT2D eigenvalue weighted by Gasteiger charge is -2.29. The summed E-state index contributed by atoms with van der Waals surface area (Å²) in [6, 6.07) is 8.32. The van der Waals surface area contributed by atoms with Crippen molar-refractivity contribution in [2.24, 2.45) is 0 Å². The minimum Gasteiger partial charge on any atom is -0.479 e. The molecule has 1 aliphatic heterocycles. The van der Waals surface area contributed by atoms with E-state index in [9.17, 15) is 14.3 Å². The fourth-order valence-electron chi connectivity index (χ4n) is 4.93. The van der Waals surface area contributed by atoms with Crippen molar-refractivity contribution in [2.75, 3.05) is 20.3 Å². The summed E-state index contributed by atoms with van der Waals surface area (Å²) in [5, 5.41) is 17.4. The van der Waals surface area contributed by atoms with Gasteiger partial charge in [-0.3, -0.25) is 5.10 Å². The van der Waals surface area contributed by atoms with Crippen molar-refractivity contribution in [3.8, 4) is 5.69 Å². The van der Waals surface area contributed by atoms with Crippen LogP contribution in [0, 0.1) is 5.82 Å². The Morgan fingerprint density at radius 1 is 1.36 bits per heavy atom. The van der Waals surface area contributed by atoms with Crippen LogP contribution < -0.4 is 0 Å². The van der Waals surface area contributed by atoms with Gasteiger partial charge < -0.3 is 19.1 Å². The molecule has 4 aromatic rings. The van der Waals surface area contributed by atoms with E-state index in [2.05, 4.69) is 28.6 Å². The van der Waals surface area contributed by atoms with Crippen LogP contribution in [0.5, 0.6) is 0 Å². The Hall–Kier alpha value is -3.30. The number of carboxylic acid groups (broad SMARTS) is 1. The first kappa shape index (κ1) is 21.5. The standard InChI is InChI=1S/C24H25FN4O4/c1-24(2,12-32-3)21-19(14-9-18(23(30)31)33-11-14)20-17(8-13-10-26-28-22(13)27-20)29(21)16-6-4-15(25)5-7-16/h4-8,10,14,18H,9,11-12H2,1-3H3,(H,30,31)(H,26,27,28)/t14-,18?/m1/s1. The van der Waals surface area contributed by atoms with Gasteiger partial charge in [0.1, 0.15) is 5.82 Å². The number of halogens is 1. The first-order valence-corrected chi connectivity index (χ1v) is 10.8. The van der Waals surface area contributed by atoms with Crippen LogP contribution in [0.4, 0.5) is 4.39 Å². The van der Waals surface area contributed by atoms with E-state index in [1.165, 1.54) is 12.1 Å². The van der Waals surface area contributed by atoms with Crippen molar-refractivity contribution >= 4 is 28.0 Å². The summed E-state index contributed by atoms with van der Waals surface area (Å²) in [5.74, 6) is -1.47. The number of nitrogens with zero attached hydrogens (tertiary/aromatic N) is 3. The number of aromatic amines is 1. The van der Waals surface area contributed by atoms with Gasteiger partial charge in [-0.25, -0.2) is 14.2 Å².